The van der Waals surface area contributed by atoms with E-state index in [1.165, 1.54) is 25.1 Å². The second kappa shape index (κ2) is 5.30. The van der Waals surface area contributed by atoms with Crippen molar-refractivity contribution >= 4 is 27.4 Å². The molecule has 7 heteroatoms. The number of aryl methyl sites for hydroxylation is 1. The summed E-state index contributed by atoms with van der Waals surface area (Å²) in [4.78, 5) is 10.9. The summed E-state index contributed by atoms with van der Waals surface area (Å²) in [6.07, 6.45) is 0. The van der Waals surface area contributed by atoms with Gasteiger partial charge < -0.3 is 9.52 Å². The van der Waals surface area contributed by atoms with Crippen molar-refractivity contribution in [2.24, 2.45) is 0 Å². The Balaban J connectivity index is 2.36. The van der Waals surface area contributed by atoms with Gasteiger partial charge in [-0.1, -0.05) is 17.7 Å². The summed E-state index contributed by atoms with van der Waals surface area (Å²) in [6.45, 7) is 1.52. The summed E-state index contributed by atoms with van der Waals surface area (Å²) in [5.74, 6) is -1.58. The largest absolute Gasteiger partial charge is 0.475 e. The molecule has 1 N–H and O–H groups in total. The van der Waals surface area contributed by atoms with Crippen LogP contribution in [0.4, 0.5) is 0 Å². The molecule has 0 unspecified atom stereocenters. The number of halogens is 1. The summed E-state index contributed by atoms with van der Waals surface area (Å²) in [7, 11) is -3.61. The maximum Gasteiger partial charge on any atom is 0.371 e. The van der Waals surface area contributed by atoms with Crippen molar-refractivity contribution < 1.29 is 22.7 Å². The van der Waals surface area contributed by atoms with E-state index >= 15 is 0 Å². The standard InChI is InChI=1S/C13H11ClO5S/c1-8-9(5-12(19-8)13(15)16)7-20(17,18)11-4-2-3-10(14)6-11/h2-6H,7H2,1H3,(H,15,16). The molecule has 0 fully saturated rings. The Labute approximate surface area is 120 Å². The third kappa shape index (κ3) is 3.02. The van der Waals surface area contributed by atoms with Gasteiger partial charge in [-0.25, -0.2) is 13.2 Å². The highest BCUT2D eigenvalue weighted by Crippen LogP contribution is 2.23. The van der Waals surface area contributed by atoms with Gasteiger partial charge in [0.2, 0.25) is 5.76 Å². The summed E-state index contributed by atoms with van der Waals surface area (Å²) < 4.78 is 29.5. The van der Waals surface area contributed by atoms with E-state index < -0.39 is 15.8 Å². The first kappa shape index (κ1) is 14.6. The summed E-state index contributed by atoms with van der Waals surface area (Å²) in [5, 5.41) is 9.13. The Hall–Kier alpha value is -1.79. The molecule has 20 heavy (non-hydrogen) atoms. The van der Waals surface area contributed by atoms with Crippen LogP contribution in [-0.2, 0) is 15.6 Å². The molecule has 0 saturated carbocycles. The minimum Gasteiger partial charge on any atom is -0.475 e. The molecule has 0 atom stereocenters. The molecular weight excluding hydrogens is 304 g/mol. The highest BCUT2D eigenvalue weighted by atomic mass is 35.5. The number of furan rings is 1. The van der Waals surface area contributed by atoms with Crippen molar-refractivity contribution in [2.75, 3.05) is 0 Å². The average Bonchev–Trinajstić information content (AvgIpc) is 2.70. The Morgan fingerprint density at radius 2 is 2.05 bits per heavy atom. The number of hydrogen-bond acceptors (Lipinski definition) is 4. The van der Waals surface area contributed by atoms with E-state index in [-0.39, 0.29) is 22.2 Å². The topological polar surface area (TPSA) is 84.6 Å². The molecule has 0 amide bonds. The van der Waals surface area contributed by atoms with Gasteiger partial charge >= 0.3 is 5.97 Å². The van der Waals surface area contributed by atoms with Crippen molar-refractivity contribution in [3.05, 3.63) is 52.4 Å². The van der Waals surface area contributed by atoms with Crippen molar-refractivity contribution in [1.82, 2.24) is 0 Å². The second-order valence-corrected chi connectivity index (χ2v) is 6.64. The van der Waals surface area contributed by atoms with E-state index in [0.29, 0.717) is 10.6 Å². The molecule has 1 aromatic heterocycles. The fourth-order valence-corrected chi connectivity index (χ4v) is 3.43. The van der Waals surface area contributed by atoms with Crippen LogP contribution in [0.25, 0.3) is 0 Å². The molecule has 0 saturated heterocycles. The van der Waals surface area contributed by atoms with Gasteiger partial charge in [0.15, 0.2) is 9.84 Å². The van der Waals surface area contributed by atoms with Crippen LogP contribution in [0.2, 0.25) is 5.02 Å². The van der Waals surface area contributed by atoms with Crippen LogP contribution >= 0.6 is 11.6 Å². The van der Waals surface area contributed by atoms with E-state index in [1.807, 2.05) is 0 Å². The fraction of sp³-hybridized carbons (Fsp3) is 0.154. The lowest BCUT2D eigenvalue weighted by Gasteiger charge is -2.03. The monoisotopic (exact) mass is 314 g/mol. The molecule has 1 heterocycles. The Morgan fingerprint density at radius 3 is 2.60 bits per heavy atom. The van der Waals surface area contributed by atoms with E-state index in [1.54, 1.807) is 12.1 Å². The zero-order chi connectivity index (χ0) is 14.9. The summed E-state index contributed by atoms with van der Waals surface area (Å²) in [5.41, 5.74) is 0.322. The summed E-state index contributed by atoms with van der Waals surface area (Å²) >= 11 is 5.77. The Kier molecular flexibility index (Phi) is 3.87. The van der Waals surface area contributed by atoms with Crippen molar-refractivity contribution in [2.45, 2.75) is 17.6 Å². The van der Waals surface area contributed by atoms with E-state index in [4.69, 9.17) is 21.1 Å². The van der Waals surface area contributed by atoms with Crippen molar-refractivity contribution in [3.8, 4) is 0 Å². The zero-order valence-electron chi connectivity index (χ0n) is 10.5. The Morgan fingerprint density at radius 1 is 1.35 bits per heavy atom. The van der Waals surface area contributed by atoms with Crippen LogP contribution in [-0.4, -0.2) is 19.5 Å². The number of benzene rings is 1. The lowest BCUT2D eigenvalue weighted by atomic mass is 10.3. The maximum atomic E-state index is 12.2. The van der Waals surface area contributed by atoms with Crippen LogP contribution in [0.3, 0.4) is 0 Å². The predicted molar refractivity (Wildman–Crippen MR) is 72.7 cm³/mol. The number of sulfone groups is 1. The first-order chi connectivity index (χ1) is 9.29. The van der Waals surface area contributed by atoms with Gasteiger partial charge in [-0.3, -0.25) is 0 Å². The van der Waals surface area contributed by atoms with Gasteiger partial charge in [-0.2, -0.15) is 0 Å². The molecule has 0 aliphatic carbocycles. The Bertz CT molecular complexity index is 761. The zero-order valence-corrected chi connectivity index (χ0v) is 12.0. The van der Waals surface area contributed by atoms with Gasteiger partial charge in [0, 0.05) is 10.6 Å². The molecule has 0 aliphatic heterocycles. The number of hydrogen-bond donors (Lipinski definition) is 1. The van der Waals surface area contributed by atoms with Crippen LogP contribution in [0.15, 0.2) is 39.6 Å². The average molecular weight is 315 g/mol. The predicted octanol–water partition coefficient (Wildman–Crippen LogP) is 2.91. The van der Waals surface area contributed by atoms with E-state index in [2.05, 4.69) is 0 Å². The molecule has 2 aromatic rings. The van der Waals surface area contributed by atoms with Gasteiger partial charge in [-0.15, -0.1) is 0 Å². The minimum absolute atomic E-state index is 0.0856. The van der Waals surface area contributed by atoms with E-state index in [9.17, 15) is 13.2 Å². The van der Waals surface area contributed by atoms with Crippen molar-refractivity contribution in [1.29, 1.82) is 0 Å². The molecular formula is C13H11ClO5S. The number of carbonyl (C=O) groups is 1. The normalized spacial score (nSPS) is 11.5. The molecule has 0 aliphatic rings. The molecule has 1 aromatic carbocycles. The van der Waals surface area contributed by atoms with Gasteiger partial charge in [0.1, 0.15) is 5.76 Å². The van der Waals surface area contributed by atoms with Crippen LogP contribution < -0.4 is 0 Å². The highest BCUT2D eigenvalue weighted by molar-refractivity contribution is 7.90. The van der Waals surface area contributed by atoms with Crippen LogP contribution in [0.1, 0.15) is 21.9 Å². The second-order valence-electron chi connectivity index (χ2n) is 4.21. The van der Waals surface area contributed by atoms with Gasteiger partial charge in [0.05, 0.1) is 10.6 Å². The van der Waals surface area contributed by atoms with Gasteiger partial charge in [-0.05, 0) is 31.2 Å². The quantitative estimate of drug-likeness (QED) is 0.938. The molecule has 5 nitrogen and oxygen atoms in total. The molecule has 0 radical (unpaired) electrons. The van der Waals surface area contributed by atoms with Crippen LogP contribution in [0, 0.1) is 6.92 Å². The van der Waals surface area contributed by atoms with Gasteiger partial charge in [0.25, 0.3) is 0 Å². The molecule has 0 bridgehead atoms. The number of carboxylic acid groups (broad SMARTS) is 1. The maximum absolute atomic E-state index is 12.2. The minimum atomic E-state index is -3.61. The number of rotatable bonds is 4. The lowest BCUT2D eigenvalue weighted by Crippen LogP contribution is -2.05. The fourth-order valence-electron chi connectivity index (χ4n) is 1.72. The third-order valence-electron chi connectivity index (χ3n) is 2.73. The summed E-state index contributed by atoms with van der Waals surface area (Å²) in [6, 6.07) is 7.13. The smallest absolute Gasteiger partial charge is 0.371 e. The molecule has 0 spiro atoms. The number of aromatic carboxylic acids is 1. The first-order valence-corrected chi connectivity index (χ1v) is 7.63. The lowest BCUT2D eigenvalue weighted by molar-refractivity contribution is 0.0661. The van der Waals surface area contributed by atoms with Crippen LogP contribution in [0.5, 0.6) is 0 Å². The van der Waals surface area contributed by atoms with E-state index in [0.717, 1.165) is 0 Å². The highest BCUT2D eigenvalue weighted by Gasteiger charge is 2.21. The third-order valence-corrected chi connectivity index (χ3v) is 4.63. The molecule has 2 rings (SSSR count). The SMILES string of the molecule is Cc1oc(C(=O)O)cc1CS(=O)(=O)c1cccc(Cl)c1. The first-order valence-electron chi connectivity index (χ1n) is 5.60. The van der Waals surface area contributed by atoms with Crippen molar-refractivity contribution in [3.63, 3.8) is 0 Å². The number of carboxylic acids is 1. The molecule has 106 valence electrons.